The first kappa shape index (κ1) is 13.9. The van der Waals surface area contributed by atoms with E-state index in [1.54, 1.807) is 0 Å². The average Bonchev–Trinajstić information content (AvgIpc) is 3.21. The number of amides is 1. The van der Waals surface area contributed by atoms with Crippen LogP contribution < -0.4 is 5.32 Å². The maximum Gasteiger partial charge on any atom is 0.223 e. The lowest BCUT2D eigenvalue weighted by Gasteiger charge is -2.07. The van der Waals surface area contributed by atoms with Crippen LogP contribution in [0.5, 0.6) is 0 Å². The van der Waals surface area contributed by atoms with Crippen LogP contribution in [0.2, 0.25) is 0 Å². The van der Waals surface area contributed by atoms with Gasteiger partial charge in [0.05, 0.1) is 12.2 Å². The summed E-state index contributed by atoms with van der Waals surface area (Å²) >= 11 is 0. The fourth-order valence-electron chi connectivity index (χ4n) is 2.87. The molecule has 2 aromatic rings. The molecule has 110 valence electrons. The molecular formula is C17H21N3O. The lowest BCUT2D eigenvalue weighted by Crippen LogP contribution is -2.29. The van der Waals surface area contributed by atoms with Gasteiger partial charge in [-0.05, 0) is 37.8 Å². The Morgan fingerprint density at radius 3 is 2.76 bits per heavy atom. The second-order valence-electron chi connectivity index (χ2n) is 5.80. The molecule has 0 aliphatic heterocycles. The Labute approximate surface area is 125 Å². The minimum Gasteiger partial charge on any atom is -0.354 e. The van der Waals surface area contributed by atoms with Gasteiger partial charge >= 0.3 is 0 Å². The molecule has 1 aromatic carbocycles. The molecule has 3 rings (SSSR count). The first-order valence-corrected chi connectivity index (χ1v) is 7.49. The Bertz CT molecular complexity index is 633. The summed E-state index contributed by atoms with van der Waals surface area (Å²) in [6.45, 7) is 5.39. The average molecular weight is 283 g/mol. The molecule has 4 heteroatoms. The van der Waals surface area contributed by atoms with Crippen molar-refractivity contribution in [3.8, 4) is 0 Å². The number of nitrogens with zero attached hydrogens (tertiary/aromatic N) is 2. The van der Waals surface area contributed by atoms with Gasteiger partial charge in [0.1, 0.15) is 0 Å². The molecule has 1 heterocycles. The number of aromatic nitrogens is 2. The lowest BCUT2D eigenvalue weighted by atomic mass is 10.1. The summed E-state index contributed by atoms with van der Waals surface area (Å²) in [6.07, 6.45) is 0.968. The molecule has 1 fully saturated rings. The number of nitrogens with one attached hydrogen (secondary N) is 1. The number of carbonyl (C=O) groups is 1. The highest BCUT2D eigenvalue weighted by atomic mass is 16.2. The molecule has 1 saturated carbocycles. The first-order chi connectivity index (χ1) is 10.1. The molecule has 0 bridgehead atoms. The molecule has 2 atom stereocenters. The Kier molecular flexibility index (Phi) is 3.78. The van der Waals surface area contributed by atoms with E-state index in [-0.39, 0.29) is 11.8 Å². The number of benzene rings is 1. The molecule has 21 heavy (non-hydrogen) atoms. The summed E-state index contributed by atoms with van der Waals surface area (Å²) in [5, 5.41) is 7.42. The Hall–Kier alpha value is -2.10. The number of rotatable bonds is 5. The Balaban J connectivity index is 1.47. The molecule has 1 aliphatic rings. The van der Waals surface area contributed by atoms with Gasteiger partial charge in [0, 0.05) is 18.2 Å². The lowest BCUT2D eigenvalue weighted by molar-refractivity contribution is -0.122. The molecule has 0 spiro atoms. The zero-order valence-corrected chi connectivity index (χ0v) is 12.5. The van der Waals surface area contributed by atoms with Crippen LogP contribution >= 0.6 is 0 Å². The number of aryl methyl sites for hydroxylation is 2. The zero-order valence-electron chi connectivity index (χ0n) is 12.5. The van der Waals surface area contributed by atoms with Gasteiger partial charge in [-0.15, -0.1) is 0 Å². The molecule has 1 aromatic heterocycles. The molecule has 0 saturated heterocycles. The third kappa shape index (κ3) is 3.15. The van der Waals surface area contributed by atoms with Crippen molar-refractivity contribution in [2.75, 3.05) is 6.54 Å². The summed E-state index contributed by atoms with van der Waals surface area (Å²) in [7, 11) is 0. The number of hydrogen-bond acceptors (Lipinski definition) is 2. The van der Waals surface area contributed by atoms with Crippen LogP contribution in [0.1, 0.15) is 29.3 Å². The van der Waals surface area contributed by atoms with Gasteiger partial charge in [-0.2, -0.15) is 5.10 Å². The minimum absolute atomic E-state index is 0.146. The molecule has 1 amide bonds. The summed E-state index contributed by atoms with van der Waals surface area (Å²) in [5.41, 5.74) is 3.43. The largest absolute Gasteiger partial charge is 0.354 e. The SMILES string of the molecule is Cc1cc(C)n(CCNC(=O)[C@@H]2C[C@H]2c2ccccc2)n1. The summed E-state index contributed by atoms with van der Waals surface area (Å²) < 4.78 is 1.94. The van der Waals surface area contributed by atoms with Crippen molar-refractivity contribution in [1.82, 2.24) is 15.1 Å². The second kappa shape index (κ2) is 5.72. The summed E-state index contributed by atoms with van der Waals surface area (Å²) in [6, 6.07) is 12.3. The van der Waals surface area contributed by atoms with Gasteiger partial charge < -0.3 is 5.32 Å². The number of carbonyl (C=O) groups excluding carboxylic acids is 1. The van der Waals surface area contributed by atoms with E-state index < -0.39 is 0 Å². The first-order valence-electron chi connectivity index (χ1n) is 7.49. The van der Waals surface area contributed by atoms with Gasteiger partial charge in [0.15, 0.2) is 0 Å². The van der Waals surface area contributed by atoms with Crippen molar-refractivity contribution in [2.45, 2.75) is 32.7 Å². The van der Waals surface area contributed by atoms with Crippen molar-refractivity contribution in [2.24, 2.45) is 5.92 Å². The molecule has 1 N–H and O–H groups in total. The van der Waals surface area contributed by atoms with E-state index in [1.807, 2.05) is 42.8 Å². The standard InChI is InChI=1S/C17H21N3O/c1-12-10-13(2)20(19-12)9-8-18-17(21)16-11-15(16)14-6-4-3-5-7-14/h3-7,10,15-16H,8-9,11H2,1-2H3,(H,18,21)/t15-,16+/m0/s1. The quantitative estimate of drug-likeness (QED) is 0.916. The highest BCUT2D eigenvalue weighted by Crippen LogP contribution is 2.47. The van der Waals surface area contributed by atoms with Gasteiger partial charge in [0.2, 0.25) is 5.91 Å². The maximum atomic E-state index is 12.1. The van der Waals surface area contributed by atoms with Gasteiger partial charge in [-0.1, -0.05) is 30.3 Å². The molecule has 0 unspecified atom stereocenters. The fraction of sp³-hybridized carbons (Fsp3) is 0.412. The maximum absolute atomic E-state index is 12.1. The highest BCUT2D eigenvalue weighted by molar-refractivity contribution is 5.82. The third-order valence-electron chi connectivity index (χ3n) is 4.08. The van der Waals surface area contributed by atoms with E-state index in [0.717, 1.165) is 24.4 Å². The van der Waals surface area contributed by atoms with Gasteiger partial charge in [0.25, 0.3) is 0 Å². The van der Waals surface area contributed by atoms with Gasteiger partial charge in [-0.25, -0.2) is 0 Å². The van der Waals surface area contributed by atoms with Crippen LogP contribution in [0.25, 0.3) is 0 Å². The normalized spacial score (nSPS) is 20.3. The molecule has 1 aliphatic carbocycles. The van der Waals surface area contributed by atoms with E-state index in [4.69, 9.17) is 0 Å². The Morgan fingerprint density at radius 1 is 1.33 bits per heavy atom. The predicted octanol–water partition coefficient (Wildman–Crippen LogP) is 2.42. The van der Waals surface area contributed by atoms with E-state index in [0.29, 0.717) is 12.5 Å². The van der Waals surface area contributed by atoms with Crippen LogP contribution in [0.15, 0.2) is 36.4 Å². The van der Waals surface area contributed by atoms with Crippen LogP contribution in [-0.4, -0.2) is 22.2 Å². The molecule has 4 nitrogen and oxygen atoms in total. The topological polar surface area (TPSA) is 46.9 Å². The monoisotopic (exact) mass is 283 g/mol. The van der Waals surface area contributed by atoms with Crippen molar-refractivity contribution >= 4 is 5.91 Å². The summed E-state index contributed by atoms with van der Waals surface area (Å²) in [5.74, 6) is 0.720. The van der Waals surface area contributed by atoms with Crippen LogP contribution in [0.3, 0.4) is 0 Å². The molecular weight excluding hydrogens is 262 g/mol. The zero-order chi connectivity index (χ0) is 14.8. The van der Waals surface area contributed by atoms with Crippen molar-refractivity contribution in [3.05, 3.63) is 53.3 Å². The fourth-order valence-corrected chi connectivity index (χ4v) is 2.87. The smallest absolute Gasteiger partial charge is 0.223 e. The Morgan fingerprint density at radius 2 is 2.10 bits per heavy atom. The second-order valence-corrected chi connectivity index (χ2v) is 5.80. The van der Waals surface area contributed by atoms with Gasteiger partial charge in [-0.3, -0.25) is 9.48 Å². The van der Waals surface area contributed by atoms with E-state index in [1.165, 1.54) is 5.56 Å². The van der Waals surface area contributed by atoms with E-state index >= 15 is 0 Å². The van der Waals surface area contributed by atoms with Crippen molar-refractivity contribution < 1.29 is 4.79 Å². The van der Waals surface area contributed by atoms with Crippen LogP contribution in [0, 0.1) is 19.8 Å². The molecule has 0 radical (unpaired) electrons. The van der Waals surface area contributed by atoms with Crippen molar-refractivity contribution in [1.29, 1.82) is 0 Å². The predicted molar refractivity (Wildman–Crippen MR) is 82.0 cm³/mol. The van der Waals surface area contributed by atoms with Crippen LogP contribution in [-0.2, 0) is 11.3 Å². The minimum atomic E-state index is 0.146. The van der Waals surface area contributed by atoms with E-state index in [2.05, 4.69) is 22.5 Å². The number of hydrogen-bond donors (Lipinski definition) is 1. The highest BCUT2D eigenvalue weighted by Gasteiger charge is 2.43. The van der Waals surface area contributed by atoms with Crippen molar-refractivity contribution in [3.63, 3.8) is 0 Å². The summed E-state index contributed by atoms with van der Waals surface area (Å²) in [4.78, 5) is 12.1. The van der Waals surface area contributed by atoms with E-state index in [9.17, 15) is 4.79 Å². The van der Waals surface area contributed by atoms with Crippen LogP contribution in [0.4, 0.5) is 0 Å². The third-order valence-corrected chi connectivity index (χ3v) is 4.08.